The highest BCUT2D eigenvalue weighted by molar-refractivity contribution is 5.73. The van der Waals surface area contributed by atoms with Gasteiger partial charge in [0.25, 0.3) is 0 Å². The van der Waals surface area contributed by atoms with Crippen molar-refractivity contribution in [2.24, 2.45) is 11.8 Å². The molecule has 94 valence electrons. The normalized spacial score (nSPS) is 28.0. The van der Waals surface area contributed by atoms with Crippen LogP contribution in [0.5, 0.6) is 0 Å². The quantitative estimate of drug-likeness (QED) is 0.785. The molecule has 0 radical (unpaired) electrons. The predicted octanol–water partition coefficient (Wildman–Crippen LogP) is 2.61. The van der Waals surface area contributed by atoms with Crippen molar-refractivity contribution in [3.05, 3.63) is 0 Å². The molecule has 3 nitrogen and oxygen atoms in total. The Balaban J connectivity index is 2.42. The fourth-order valence-electron chi connectivity index (χ4n) is 2.93. The summed E-state index contributed by atoms with van der Waals surface area (Å²) in [6.07, 6.45) is 5.87. The molecule has 1 saturated carbocycles. The third-order valence-electron chi connectivity index (χ3n) is 3.79. The minimum Gasteiger partial charge on any atom is -0.480 e. The summed E-state index contributed by atoms with van der Waals surface area (Å²) in [7, 11) is 1.95. The summed E-state index contributed by atoms with van der Waals surface area (Å²) in [5, 5.41) is 9.08. The van der Waals surface area contributed by atoms with E-state index in [0.29, 0.717) is 12.3 Å². The minimum absolute atomic E-state index is 0.308. The van der Waals surface area contributed by atoms with Crippen molar-refractivity contribution >= 4 is 5.97 Å². The molecule has 0 aromatic carbocycles. The van der Waals surface area contributed by atoms with Gasteiger partial charge in [0.1, 0.15) is 6.04 Å². The average molecular weight is 227 g/mol. The molecule has 3 heteroatoms. The number of carbonyl (C=O) groups is 1. The summed E-state index contributed by atoms with van der Waals surface area (Å²) in [4.78, 5) is 13.1. The van der Waals surface area contributed by atoms with Crippen molar-refractivity contribution in [2.75, 3.05) is 13.6 Å². The van der Waals surface area contributed by atoms with E-state index < -0.39 is 5.97 Å². The van der Waals surface area contributed by atoms with E-state index in [1.54, 1.807) is 0 Å². The zero-order chi connectivity index (χ0) is 12.1. The largest absolute Gasteiger partial charge is 0.480 e. The SMILES string of the molecule is CCC(C(=O)O)N(C)CC1CCCC(C)C1. The fraction of sp³-hybridized carbons (Fsp3) is 0.923. The van der Waals surface area contributed by atoms with Gasteiger partial charge < -0.3 is 5.11 Å². The van der Waals surface area contributed by atoms with Crippen LogP contribution in [-0.4, -0.2) is 35.6 Å². The number of aliphatic carboxylic acids is 1. The number of carboxylic acid groups (broad SMARTS) is 1. The lowest BCUT2D eigenvalue weighted by molar-refractivity contribution is -0.143. The second-order valence-corrected chi connectivity index (χ2v) is 5.34. The van der Waals surface area contributed by atoms with Crippen molar-refractivity contribution in [1.29, 1.82) is 0 Å². The number of rotatable bonds is 5. The van der Waals surface area contributed by atoms with Crippen LogP contribution in [0.4, 0.5) is 0 Å². The van der Waals surface area contributed by atoms with E-state index in [1.807, 2.05) is 18.9 Å². The van der Waals surface area contributed by atoms with Crippen molar-refractivity contribution in [3.8, 4) is 0 Å². The Bertz CT molecular complexity index is 230. The molecular weight excluding hydrogens is 202 g/mol. The summed E-state index contributed by atoms with van der Waals surface area (Å²) in [6.45, 7) is 5.19. The van der Waals surface area contributed by atoms with Gasteiger partial charge in [-0.15, -0.1) is 0 Å². The molecule has 0 heterocycles. The third kappa shape index (κ3) is 3.78. The van der Waals surface area contributed by atoms with Gasteiger partial charge in [0.2, 0.25) is 0 Å². The van der Waals surface area contributed by atoms with Gasteiger partial charge in [0, 0.05) is 6.54 Å². The smallest absolute Gasteiger partial charge is 0.320 e. The Morgan fingerprint density at radius 2 is 2.19 bits per heavy atom. The molecule has 1 fully saturated rings. The van der Waals surface area contributed by atoms with Crippen LogP contribution in [0.15, 0.2) is 0 Å². The maximum absolute atomic E-state index is 11.0. The number of likely N-dealkylation sites (N-methyl/N-ethyl adjacent to an activating group) is 1. The van der Waals surface area contributed by atoms with E-state index in [-0.39, 0.29) is 6.04 Å². The lowest BCUT2D eigenvalue weighted by Gasteiger charge is -2.32. The molecule has 0 aromatic heterocycles. The van der Waals surface area contributed by atoms with Crippen LogP contribution in [0.3, 0.4) is 0 Å². The first-order valence-corrected chi connectivity index (χ1v) is 6.47. The predicted molar refractivity (Wildman–Crippen MR) is 65.5 cm³/mol. The molecule has 1 N–H and O–H groups in total. The van der Waals surface area contributed by atoms with E-state index in [9.17, 15) is 4.79 Å². The van der Waals surface area contributed by atoms with Crippen molar-refractivity contribution in [2.45, 2.75) is 52.0 Å². The highest BCUT2D eigenvalue weighted by atomic mass is 16.4. The van der Waals surface area contributed by atoms with Gasteiger partial charge in [-0.1, -0.05) is 26.7 Å². The van der Waals surface area contributed by atoms with Crippen LogP contribution >= 0.6 is 0 Å². The Morgan fingerprint density at radius 1 is 1.50 bits per heavy atom. The molecule has 0 bridgehead atoms. The molecular formula is C13H25NO2. The summed E-state index contributed by atoms with van der Waals surface area (Å²) in [6, 6.07) is -0.308. The van der Waals surface area contributed by atoms with E-state index in [2.05, 4.69) is 6.92 Å². The van der Waals surface area contributed by atoms with Gasteiger partial charge in [0.15, 0.2) is 0 Å². The minimum atomic E-state index is -0.686. The van der Waals surface area contributed by atoms with Crippen molar-refractivity contribution < 1.29 is 9.90 Å². The summed E-state index contributed by atoms with van der Waals surface area (Å²) in [5.74, 6) is 0.827. The van der Waals surface area contributed by atoms with E-state index in [4.69, 9.17) is 5.11 Å². The van der Waals surface area contributed by atoms with Crippen LogP contribution in [-0.2, 0) is 4.79 Å². The first-order valence-electron chi connectivity index (χ1n) is 6.47. The van der Waals surface area contributed by atoms with Gasteiger partial charge in [-0.3, -0.25) is 9.69 Å². The molecule has 3 unspecified atom stereocenters. The highest BCUT2D eigenvalue weighted by Crippen LogP contribution is 2.29. The fourth-order valence-corrected chi connectivity index (χ4v) is 2.93. The van der Waals surface area contributed by atoms with E-state index in [0.717, 1.165) is 12.5 Å². The summed E-state index contributed by atoms with van der Waals surface area (Å²) in [5.41, 5.74) is 0. The van der Waals surface area contributed by atoms with Gasteiger partial charge in [-0.2, -0.15) is 0 Å². The first kappa shape index (κ1) is 13.5. The lowest BCUT2D eigenvalue weighted by Crippen LogP contribution is -2.41. The standard InChI is InChI=1S/C13H25NO2/c1-4-12(13(15)16)14(3)9-11-7-5-6-10(2)8-11/h10-12H,4-9H2,1-3H3,(H,15,16). The second kappa shape index (κ2) is 6.24. The molecule has 1 aliphatic carbocycles. The van der Waals surface area contributed by atoms with Crippen molar-refractivity contribution in [3.63, 3.8) is 0 Å². The maximum Gasteiger partial charge on any atom is 0.320 e. The highest BCUT2D eigenvalue weighted by Gasteiger charge is 2.25. The maximum atomic E-state index is 11.0. The van der Waals surface area contributed by atoms with Crippen LogP contribution < -0.4 is 0 Å². The average Bonchev–Trinajstić information content (AvgIpc) is 2.17. The Hall–Kier alpha value is -0.570. The number of nitrogens with zero attached hydrogens (tertiary/aromatic N) is 1. The zero-order valence-electron chi connectivity index (χ0n) is 10.8. The molecule has 0 spiro atoms. The lowest BCUT2D eigenvalue weighted by atomic mass is 9.82. The number of hydrogen-bond acceptors (Lipinski definition) is 2. The van der Waals surface area contributed by atoms with E-state index in [1.165, 1.54) is 25.7 Å². The van der Waals surface area contributed by atoms with Crippen LogP contribution in [0.25, 0.3) is 0 Å². The molecule has 0 aliphatic heterocycles. The molecule has 16 heavy (non-hydrogen) atoms. The van der Waals surface area contributed by atoms with Crippen LogP contribution in [0, 0.1) is 11.8 Å². The van der Waals surface area contributed by atoms with Gasteiger partial charge in [-0.25, -0.2) is 0 Å². The zero-order valence-corrected chi connectivity index (χ0v) is 10.8. The molecule has 0 aromatic rings. The Morgan fingerprint density at radius 3 is 2.69 bits per heavy atom. The van der Waals surface area contributed by atoms with Crippen molar-refractivity contribution in [1.82, 2.24) is 4.90 Å². The second-order valence-electron chi connectivity index (χ2n) is 5.34. The van der Waals surface area contributed by atoms with Crippen LogP contribution in [0.1, 0.15) is 46.0 Å². The van der Waals surface area contributed by atoms with Gasteiger partial charge in [0.05, 0.1) is 0 Å². The molecule has 0 amide bonds. The Labute approximate surface area is 98.8 Å². The topological polar surface area (TPSA) is 40.5 Å². The number of carboxylic acids is 1. The van der Waals surface area contributed by atoms with Gasteiger partial charge >= 0.3 is 5.97 Å². The summed E-state index contributed by atoms with van der Waals surface area (Å²) < 4.78 is 0. The van der Waals surface area contributed by atoms with Crippen LogP contribution in [0.2, 0.25) is 0 Å². The molecule has 1 rings (SSSR count). The molecule has 1 aliphatic rings. The van der Waals surface area contributed by atoms with Gasteiger partial charge in [-0.05, 0) is 38.1 Å². The monoisotopic (exact) mass is 227 g/mol. The molecule has 3 atom stereocenters. The first-order chi connectivity index (χ1) is 7.54. The third-order valence-corrected chi connectivity index (χ3v) is 3.79. The Kier molecular flexibility index (Phi) is 5.26. The van der Waals surface area contributed by atoms with E-state index >= 15 is 0 Å². The summed E-state index contributed by atoms with van der Waals surface area (Å²) >= 11 is 0. The number of hydrogen-bond donors (Lipinski definition) is 1. The molecule has 0 saturated heterocycles.